The highest BCUT2D eigenvalue weighted by molar-refractivity contribution is 5.41. The lowest BCUT2D eigenvalue weighted by Gasteiger charge is -2.23. The molecule has 0 aliphatic heterocycles. The molecule has 0 amide bonds. The van der Waals surface area contributed by atoms with Gasteiger partial charge >= 0.3 is 0 Å². The average Bonchev–Trinajstić information content (AvgIpc) is 2.23. The zero-order chi connectivity index (χ0) is 12.9. The van der Waals surface area contributed by atoms with Gasteiger partial charge in [0, 0.05) is 4.91 Å². The van der Waals surface area contributed by atoms with Crippen molar-refractivity contribution in [3.05, 3.63) is 39.8 Å². The summed E-state index contributed by atoms with van der Waals surface area (Å²) in [5.74, 6) is 0.880. The smallest absolute Gasteiger partial charge is 0.123 e. The monoisotopic (exact) mass is 233 g/mol. The van der Waals surface area contributed by atoms with Crippen LogP contribution in [0.3, 0.4) is 0 Å². The Morgan fingerprint density at radius 3 is 2.65 bits per heavy atom. The number of aryl methyl sites for hydroxylation is 1. The first-order chi connectivity index (χ1) is 7.95. The molecule has 0 aromatic heterocycles. The maximum Gasteiger partial charge on any atom is 0.123 e. The van der Waals surface area contributed by atoms with Gasteiger partial charge in [-0.15, -0.1) is 0 Å². The van der Waals surface area contributed by atoms with Crippen molar-refractivity contribution in [2.75, 3.05) is 13.2 Å². The van der Waals surface area contributed by atoms with Crippen molar-refractivity contribution >= 4 is 0 Å². The van der Waals surface area contributed by atoms with Crippen molar-refractivity contribution in [3.63, 3.8) is 0 Å². The highest BCUT2D eigenvalue weighted by Crippen LogP contribution is 2.31. The lowest BCUT2D eigenvalue weighted by molar-refractivity contribution is 0.318. The summed E-state index contributed by atoms with van der Waals surface area (Å²) in [6.45, 7) is 9.26. The third kappa shape index (κ3) is 4.00. The summed E-state index contributed by atoms with van der Waals surface area (Å²) in [4.78, 5) is 2.70. The summed E-state index contributed by atoms with van der Waals surface area (Å²) < 4.78 is 5.68. The first-order valence-electron chi connectivity index (χ1n) is 5.70. The molecule has 0 atom stereocenters. The number of hydrogen-bond donors (Lipinski definition) is 0. The fourth-order valence-electron chi connectivity index (χ4n) is 1.61. The van der Waals surface area contributed by atoms with Crippen molar-refractivity contribution in [3.8, 4) is 5.75 Å². The highest BCUT2D eigenvalue weighted by atomic mass is 16.5. The number of benzene rings is 1. The van der Waals surface area contributed by atoms with Crippen LogP contribution in [-0.4, -0.2) is 13.2 Å². The summed E-state index contributed by atoms with van der Waals surface area (Å²) in [5, 5.41) is 3.46. The predicted molar refractivity (Wildman–Crippen MR) is 69.4 cm³/mol. The summed E-state index contributed by atoms with van der Waals surface area (Å²) in [6.07, 6.45) is 0. The average molecular weight is 233 g/mol. The first kappa shape index (κ1) is 13.4. The van der Waals surface area contributed by atoms with Crippen LogP contribution in [0.1, 0.15) is 31.9 Å². The molecule has 0 saturated carbocycles. The van der Waals surface area contributed by atoms with E-state index < -0.39 is 0 Å². The van der Waals surface area contributed by atoms with Gasteiger partial charge in [0.05, 0.1) is 13.2 Å². The Bertz CT molecular complexity index is 429. The second-order valence-electron chi connectivity index (χ2n) is 5.05. The third-order valence-corrected chi connectivity index (χ3v) is 2.46. The lowest BCUT2D eigenvalue weighted by atomic mass is 9.86. The van der Waals surface area contributed by atoms with Crippen LogP contribution < -0.4 is 4.74 Å². The number of rotatable bonds is 4. The summed E-state index contributed by atoms with van der Waals surface area (Å²) in [5.41, 5.74) is 10.6. The van der Waals surface area contributed by atoms with Crippen molar-refractivity contribution in [2.24, 2.45) is 5.11 Å². The van der Waals surface area contributed by atoms with Crippen LogP contribution in [0.5, 0.6) is 5.75 Å². The molecule has 4 heteroatoms. The van der Waals surface area contributed by atoms with Crippen LogP contribution in [-0.2, 0) is 5.41 Å². The van der Waals surface area contributed by atoms with Crippen LogP contribution in [0.25, 0.3) is 10.4 Å². The second-order valence-corrected chi connectivity index (χ2v) is 5.05. The molecule has 0 aliphatic carbocycles. The van der Waals surface area contributed by atoms with Crippen molar-refractivity contribution in [1.29, 1.82) is 0 Å². The molecule has 0 fully saturated rings. The van der Waals surface area contributed by atoms with Gasteiger partial charge in [0.2, 0.25) is 0 Å². The van der Waals surface area contributed by atoms with E-state index in [4.69, 9.17) is 10.3 Å². The largest absolute Gasteiger partial charge is 0.493 e. The zero-order valence-electron chi connectivity index (χ0n) is 10.9. The Balaban J connectivity index is 2.88. The van der Waals surface area contributed by atoms with E-state index in [9.17, 15) is 0 Å². The number of ether oxygens (including phenoxy) is 1. The number of hydrogen-bond acceptors (Lipinski definition) is 2. The van der Waals surface area contributed by atoms with Gasteiger partial charge in [-0.05, 0) is 35.1 Å². The van der Waals surface area contributed by atoms with E-state index in [1.807, 2.05) is 13.0 Å². The Hall–Kier alpha value is -1.67. The Labute approximate surface area is 102 Å². The number of nitrogens with zero attached hydrogens (tertiary/aromatic N) is 3. The van der Waals surface area contributed by atoms with E-state index in [2.05, 4.69) is 42.9 Å². The van der Waals surface area contributed by atoms with E-state index in [0.717, 1.165) is 11.3 Å². The topological polar surface area (TPSA) is 58.0 Å². The molecular formula is C13H19N3O. The van der Waals surface area contributed by atoms with E-state index in [1.54, 1.807) is 0 Å². The van der Waals surface area contributed by atoms with E-state index >= 15 is 0 Å². The molecular weight excluding hydrogens is 214 g/mol. The maximum absolute atomic E-state index is 8.19. The van der Waals surface area contributed by atoms with E-state index in [1.165, 1.54) is 5.56 Å². The minimum atomic E-state index is 0.0432. The van der Waals surface area contributed by atoms with Crippen molar-refractivity contribution in [2.45, 2.75) is 33.1 Å². The predicted octanol–water partition coefficient (Wildman–Crippen LogP) is 3.98. The Kier molecular flexibility index (Phi) is 4.41. The molecule has 1 aromatic carbocycles. The van der Waals surface area contributed by atoms with Crippen LogP contribution in [0.2, 0.25) is 0 Å². The first-order valence-corrected chi connectivity index (χ1v) is 5.70. The van der Waals surface area contributed by atoms with Gasteiger partial charge < -0.3 is 4.74 Å². The van der Waals surface area contributed by atoms with Crippen LogP contribution in [0.15, 0.2) is 23.3 Å². The van der Waals surface area contributed by atoms with Gasteiger partial charge in [-0.1, -0.05) is 38.0 Å². The fraction of sp³-hybridized carbons (Fsp3) is 0.538. The van der Waals surface area contributed by atoms with Gasteiger partial charge in [-0.25, -0.2) is 0 Å². The molecule has 0 spiro atoms. The van der Waals surface area contributed by atoms with Gasteiger partial charge in [0.25, 0.3) is 0 Å². The molecule has 0 N–H and O–H groups in total. The molecule has 4 nitrogen and oxygen atoms in total. The normalized spacial score (nSPS) is 10.8. The molecule has 92 valence electrons. The molecule has 0 radical (unpaired) electrons. The molecule has 1 rings (SSSR count). The van der Waals surface area contributed by atoms with Gasteiger partial charge in [-0.3, -0.25) is 0 Å². The van der Waals surface area contributed by atoms with Gasteiger partial charge in [-0.2, -0.15) is 0 Å². The summed E-state index contributed by atoms with van der Waals surface area (Å²) >= 11 is 0. The van der Waals surface area contributed by atoms with Crippen molar-refractivity contribution in [1.82, 2.24) is 0 Å². The van der Waals surface area contributed by atoms with Gasteiger partial charge in [0.15, 0.2) is 0 Å². The highest BCUT2D eigenvalue weighted by Gasteiger charge is 2.18. The molecule has 0 saturated heterocycles. The molecule has 0 bridgehead atoms. The minimum Gasteiger partial charge on any atom is -0.493 e. The van der Waals surface area contributed by atoms with E-state index in [-0.39, 0.29) is 5.41 Å². The van der Waals surface area contributed by atoms with Crippen LogP contribution >= 0.6 is 0 Å². The zero-order valence-corrected chi connectivity index (χ0v) is 10.9. The molecule has 1 aromatic rings. The second kappa shape index (κ2) is 5.60. The number of azide groups is 1. The lowest BCUT2D eigenvalue weighted by Crippen LogP contribution is -2.14. The SMILES string of the molecule is Cc1ccc(C(C)(C)C)c(OCCN=[N+]=[N-])c1. The van der Waals surface area contributed by atoms with Gasteiger partial charge in [0.1, 0.15) is 5.75 Å². The Morgan fingerprint density at radius 2 is 2.06 bits per heavy atom. The minimum absolute atomic E-state index is 0.0432. The van der Waals surface area contributed by atoms with Crippen LogP contribution in [0, 0.1) is 6.92 Å². The summed E-state index contributed by atoms with van der Waals surface area (Å²) in [6, 6.07) is 6.20. The standard InChI is InChI=1S/C13H19N3O/c1-10-5-6-11(13(2,3)4)12(9-10)17-8-7-15-16-14/h5-6,9H,7-8H2,1-4H3. The summed E-state index contributed by atoms with van der Waals surface area (Å²) in [7, 11) is 0. The maximum atomic E-state index is 8.19. The molecule has 17 heavy (non-hydrogen) atoms. The molecule has 0 unspecified atom stereocenters. The van der Waals surface area contributed by atoms with Crippen molar-refractivity contribution < 1.29 is 4.74 Å². The third-order valence-electron chi connectivity index (χ3n) is 2.46. The van der Waals surface area contributed by atoms with E-state index in [0.29, 0.717) is 13.2 Å². The molecule has 0 heterocycles. The fourth-order valence-corrected chi connectivity index (χ4v) is 1.61. The quantitative estimate of drug-likeness (QED) is 0.336. The molecule has 0 aliphatic rings. The Morgan fingerprint density at radius 1 is 1.35 bits per heavy atom. The van der Waals surface area contributed by atoms with Crippen LogP contribution in [0.4, 0.5) is 0 Å².